The third-order valence-corrected chi connectivity index (χ3v) is 14.9. The number of benzene rings is 1. The Balaban J connectivity index is 1.36. The lowest BCUT2D eigenvalue weighted by Gasteiger charge is -2.36. The Kier molecular flexibility index (Phi) is 12.8. The Labute approximate surface area is 350 Å². The van der Waals surface area contributed by atoms with E-state index in [4.69, 9.17) is 14.5 Å². The smallest absolute Gasteiger partial charge is 0.408 e. The molecule has 2 aliphatic carbocycles. The SMILES string of the molecule is CC[C@@H]1C[C@@]12NC(=O)[C@@H]1C[C@H](CN1C(=O)[C@@H](NC(=O)OC(C)(C)C)C(C)(C)C)Oc1nc3c(cccc3n1C(C)C)CCCCCCCCCC1(CC1)S(=O)(=O)NC2=O. The van der Waals surface area contributed by atoms with E-state index >= 15 is 0 Å². The Hall–Kier alpha value is -3.88. The molecule has 2 saturated carbocycles. The van der Waals surface area contributed by atoms with Gasteiger partial charge >= 0.3 is 6.09 Å². The minimum Gasteiger partial charge on any atom is -0.459 e. The summed E-state index contributed by atoms with van der Waals surface area (Å²) in [6.07, 6.45) is 8.79. The molecule has 3 heterocycles. The Morgan fingerprint density at radius 3 is 2.25 bits per heavy atom. The van der Waals surface area contributed by atoms with Crippen molar-refractivity contribution in [3.8, 4) is 6.01 Å². The van der Waals surface area contributed by atoms with Crippen molar-refractivity contribution >= 4 is 44.9 Å². The van der Waals surface area contributed by atoms with Crippen LogP contribution < -0.4 is 20.1 Å². The van der Waals surface area contributed by atoms with Crippen LogP contribution in [0.2, 0.25) is 0 Å². The summed E-state index contributed by atoms with van der Waals surface area (Å²) in [4.78, 5) is 63.1. The first kappa shape index (κ1) is 44.7. The topological polar surface area (TPSA) is 178 Å². The number of alkyl carbamates (subject to hydrolysis) is 1. The van der Waals surface area contributed by atoms with Gasteiger partial charge in [-0.05, 0) is 96.1 Å². The largest absolute Gasteiger partial charge is 0.459 e. The number of nitrogens with zero attached hydrogens (tertiary/aromatic N) is 3. The van der Waals surface area contributed by atoms with Crippen molar-refractivity contribution in [2.24, 2.45) is 11.3 Å². The van der Waals surface area contributed by atoms with Gasteiger partial charge in [0, 0.05) is 12.5 Å². The molecule has 2 spiro atoms. The van der Waals surface area contributed by atoms with E-state index in [1.165, 1.54) is 4.90 Å². The zero-order valence-corrected chi connectivity index (χ0v) is 37.6. The van der Waals surface area contributed by atoms with Crippen molar-refractivity contribution in [1.82, 2.24) is 29.8 Å². The number of rotatable bonds is 4. The second kappa shape index (κ2) is 16.9. The molecule has 2 aromatic rings. The number of nitrogens with one attached hydrogen (secondary N) is 3. The number of ether oxygens (including phenoxy) is 2. The lowest BCUT2D eigenvalue weighted by atomic mass is 9.85. The van der Waals surface area contributed by atoms with Crippen molar-refractivity contribution < 1.29 is 37.1 Å². The normalized spacial score (nSPS) is 27.2. The van der Waals surface area contributed by atoms with Crippen LogP contribution in [-0.2, 0) is 35.6 Å². The molecular formula is C44H68N6O8S. The quantitative estimate of drug-likeness (QED) is 0.297. The summed E-state index contributed by atoms with van der Waals surface area (Å²) in [7, 11) is -4.02. The average molecular weight is 841 g/mol. The maximum atomic E-state index is 14.8. The number of imidazole rings is 1. The van der Waals surface area contributed by atoms with E-state index in [9.17, 15) is 27.6 Å². The number of likely N-dealkylation sites (tertiary alicyclic amines) is 1. The Morgan fingerprint density at radius 1 is 1.00 bits per heavy atom. The first-order valence-electron chi connectivity index (χ1n) is 22.0. The lowest BCUT2D eigenvalue weighted by Crippen LogP contribution is -2.60. The Morgan fingerprint density at radius 2 is 1.66 bits per heavy atom. The van der Waals surface area contributed by atoms with Crippen LogP contribution in [0.5, 0.6) is 6.01 Å². The summed E-state index contributed by atoms with van der Waals surface area (Å²) in [5.41, 5.74) is -0.107. The summed E-state index contributed by atoms with van der Waals surface area (Å²) in [5.74, 6) is -2.12. The molecule has 59 heavy (non-hydrogen) atoms. The van der Waals surface area contributed by atoms with Crippen LogP contribution >= 0.6 is 0 Å². The molecule has 328 valence electrons. The van der Waals surface area contributed by atoms with Crippen molar-refractivity contribution in [2.75, 3.05) is 6.54 Å². The van der Waals surface area contributed by atoms with Gasteiger partial charge in [0.1, 0.15) is 29.3 Å². The van der Waals surface area contributed by atoms with E-state index in [1.54, 1.807) is 20.8 Å². The highest BCUT2D eigenvalue weighted by atomic mass is 32.2. The van der Waals surface area contributed by atoms with Crippen molar-refractivity contribution in [1.29, 1.82) is 0 Å². The van der Waals surface area contributed by atoms with Gasteiger partial charge in [-0.15, -0.1) is 0 Å². The van der Waals surface area contributed by atoms with Crippen LogP contribution in [0.15, 0.2) is 18.2 Å². The first-order valence-corrected chi connectivity index (χ1v) is 23.4. The molecule has 1 aromatic carbocycles. The van der Waals surface area contributed by atoms with E-state index in [1.807, 2.05) is 38.3 Å². The number of fused-ring (bicyclic) bond motifs is 3. The van der Waals surface area contributed by atoms with E-state index in [0.29, 0.717) is 31.7 Å². The zero-order valence-electron chi connectivity index (χ0n) is 36.7. The fourth-order valence-electron chi connectivity index (χ4n) is 9.08. The maximum Gasteiger partial charge on any atom is 0.408 e. The minimum absolute atomic E-state index is 0.000951. The first-order chi connectivity index (χ1) is 27.6. The number of para-hydroxylation sites is 1. The fraction of sp³-hybridized carbons (Fsp3) is 0.750. The molecule has 1 aromatic heterocycles. The van der Waals surface area contributed by atoms with E-state index < -0.39 is 73.3 Å². The summed E-state index contributed by atoms with van der Waals surface area (Å²) in [6, 6.07) is 4.38. The molecular weight excluding hydrogens is 773 g/mol. The molecule has 4 amide bonds. The number of aromatic nitrogens is 2. The molecule has 4 bridgehead atoms. The van der Waals surface area contributed by atoms with Gasteiger partial charge in [-0.1, -0.05) is 84.8 Å². The van der Waals surface area contributed by atoms with E-state index in [2.05, 4.69) is 41.3 Å². The standard InChI is InChI=1S/C44H68N6O8S/c1-10-30-26-44(30)38(53)48-59(55,56)43(23-24-43)22-17-15-13-11-12-14-16-19-29-20-18-21-32-34(29)45-39(50(32)28(2)3)57-31-25-33(36(51)47-44)49(27-31)37(52)35(41(4,5)6)46-40(54)58-42(7,8)9/h18,20-21,28,30-31,33,35H,10-17,19,22-27H2,1-9H3,(H,46,54)(H,47,51)(H,48,53)/t30-,31-,33+,35-,44-/m1/s1. The maximum absolute atomic E-state index is 14.8. The van der Waals surface area contributed by atoms with Gasteiger partial charge in [-0.3, -0.25) is 23.7 Å². The molecule has 15 heteroatoms. The highest BCUT2D eigenvalue weighted by Gasteiger charge is 2.64. The molecule has 0 unspecified atom stereocenters. The predicted octanol–water partition coefficient (Wildman–Crippen LogP) is 6.85. The Bertz CT molecular complexity index is 2010. The van der Waals surface area contributed by atoms with Crippen LogP contribution in [-0.4, -0.2) is 87.3 Å². The lowest BCUT2D eigenvalue weighted by molar-refractivity contribution is -0.143. The highest BCUT2D eigenvalue weighted by molar-refractivity contribution is 7.91. The molecule has 2 aliphatic heterocycles. The molecule has 6 rings (SSSR count). The number of amides is 4. The molecule has 4 aliphatic rings. The summed E-state index contributed by atoms with van der Waals surface area (Å²) in [5, 5.41) is 5.73. The van der Waals surface area contributed by atoms with Gasteiger partial charge in [-0.2, -0.15) is 4.98 Å². The molecule has 14 nitrogen and oxygen atoms in total. The second-order valence-corrected chi connectivity index (χ2v) is 22.0. The fourth-order valence-corrected chi connectivity index (χ4v) is 10.8. The molecule has 5 atom stereocenters. The number of aryl methyl sites for hydroxylation is 1. The van der Waals surface area contributed by atoms with Crippen LogP contribution in [0.1, 0.15) is 157 Å². The number of hydrogen-bond donors (Lipinski definition) is 3. The monoisotopic (exact) mass is 840 g/mol. The van der Waals surface area contributed by atoms with Gasteiger partial charge in [-0.25, -0.2) is 13.2 Å². The predicted molar refractivity (Wildman–Crippen MR) is 226 cm³/mol. The van der Waals surface area contributed by atoms with Crippen LogP contribution in [0, 0.1) is 11.3 Å². The summed E-state index contributed by atoms with van der Waals surface area (Å²) >= 11 is 0. The third kappa shape index (κ3) is 9.70. The van der Waals surface area contributed by atoms with Gasteiger partial charge in [0.15, 0.2) is 0 Å². The van der Waals surface area contributed by atoms with Gasteiger partial charge in [0.05, 0.1) is 22.3 Å². The summed E-state index contributed by atoms with van der Waals surface area (Å²) < 4.78 is 43.4. The zero-order chi connectivity index (χ0) is 43.1. The van der Waals surface area contributed by atoms with Gasteiger partial charge in [0.25, 0.3) is 11.9 Å². The second-order valence-electron chi connectivity index (χ2n) is 19.9. The number of carbonyl (C=O) groups excluding carboxylic acids is 4. The minimum atomic E-state index is -4.02. The average Bonchev–Trinajstić information content (AvgIpc) is 3.99. The number of hydrogen-bond acceptors (Lipinski definition) is 9. The number of carbonyl (C=O) groups is 4. The van der Waals surface area contributed by atoms with Crippen molar-refractivity contribution in [3.63, 3.8) is 0 Å². The number of sulfonamides is 1. The van der Waals surface area contributed by atoms with Gasteiger partial charge < -0.3 is 25.0 Å². The van der Waals surface area contributed by atoms with Crippen molar-refractivity contribution in [2.45, 2.75) is 192 Å². The summed E-state index contributed by atoms with van der Waals surface area (Å²) in [6.45, 7) is 16.7. The third-order valence-electron chi connectivity index (χ3n) is 12.7. The van der Waals surface area contributed by atoms with E-state index in [0.717, 1.165) is 68.0 Å². The van der Waals surface area contributed by atoms with Crippen molar-refractivity contribution in [3.05, 3.63) is 23.8 Å². The van der Waals surface area contributed by atoms with Crippen LogP contribution in [0.4, 0.5) is 4.79 Å². The molecule has 3 fully saturated rings. The molecule has 0 radical (unpaired) electrons. The van der Waals surface area contributed by atoms with E-state index in [-0.39, 0.29) is 31.3 Å². The molecule has 1 saturated heterocycles. The molecule has 3 N–H and O–H groups in total. The highest BCUT2D eigenvalue weighted by Crippen LogP contribution is 2.50. The van der Waals surface area contributed by atoms with Crippen LogP contribution in [0.3, 0.4) is 0 Å². The van der Waals surface area contributed by atoms with Crippen LogP contribution in [0.25, 0.3) is 11.0 Å². The van der Waals surface area contributed by atoms with Gasteiger partial charge in [0.2, 0.25) is 21.8 Å².